The standard InChI is InChI=1S/C9H14F4OS/c1-3-7(10)9(12,13)8(11)4-5-15-6(2)14/h7-8H,3-5H2,1-2H3. The first-order chi connectivity index (χ1) is 6.82. The summed E-state index contributed by atoms with van der Waals surface area (Å²) < 4.78 is 51.4. The minimum atomic E-state index is -3.95. The van der Waals surface area contributed by atoms with Crippen molar-refractivity contribution in [1.82, 2.24) is 0 Å². The molecule has 0 spiro atoms. The summed E-state index contributed by atoms with van der Waals surface area (Å²) >= 11 is 0.760. The molecule has 0 fully saturated rings. The molecule has 2 atom stereocenters. The fraction of sp³-hybridized carbons (Fsp3) is 0.889. The number of hydrogen-bond donors (Lipinski definition) is 0. The Labute approximate surface area is 90.6 Å². The molecule has 0 radical (unpaired) electrons. The molecule has 0 bridgehead atoms. The Morgan fingerprint density at radius 1 is 1.33 bits per heavy atom. The van der Waals surface area contributed by atoms with Crippen molar-refractivity contribution < 1.29 is 22.4 Å². The van der Waals surface area contributed by atoms with Gasteiger partial charge in [-0.25, -0.2) is 17.6 Å². The summed E-state index contributed by atoms with van der Waals surface area (Å²) in [4.78, 5) is 10.4. The summed E-state index contributed by atoms with van der Waals surface area (Å²) in [6.07, 6.45) is -5.93. The van der Waals surface area contributed by atoms with E-state index in [9.17, 15) is 22.4 Å². The molecule has 0 amide bonds. The molecule has 0 saturated heterocycles. The normalized spacial score (nSPS) is 16.1. The van der Waals surface area contributed by atoms with Gasteiger partial charge >= 0.3 is 5.92 Å². The minimum absolute atomic E-state index is 0.0531. The third-order valence-corrected chi connectivity index (χ3v) is 2.72. The lowest BCUT2D eigenvalue weighted by Crippen LogP contribution is -2.40. The van der Waals surface area contributed by atoms with E-state index in [2.05, 4.69) is 0 Å². The van der Waals surface area contributed by atoms with Crippen molar-refractivity contribution in [2.24, 2.45) is 0 Å². The molecule has 0 heterocycles. The van der Waals surface area contributed by atoms with E-state index < -0.39 is 31.1 Å². The van der Waals surface area contributed by atoms with Crippen LogP contribution in [0, 0.1) is 0 Å². The van der Waals surface area contributed by atoms with Crippen molar-refractivity contribution in [3.8, 4) is 0 Å². The first-order valence-corrected chi connectivity index (χ1v) is 5.60. The Morgan fingerprint density at radius 3 is 2.27 bits per heavy atom. The third kappa shape index (κ3) is 4.86. The van der Waals surface area contributed by atoms with Crippen molar-refractivity contribution in [2.45, 2.75) is 45.0 Å². The summed E-state index contributed by atoms with van der Waals surface area (Å²) in [6, 6.07) is 0. The summed E-state index contributed by atoms with van der Waals surface area (Å²) in [5.74, 6) is -4.01. The van der Waals surface area contributed by atoms with E-state index in [0.29, 0.717) is 0 Å². The van der Waals surface area contributed by atoms with Gasteiger partial charge < -0.3 is 0 Å². The SMILES string of the molecule is CCC(F)C(F)(F)C(F)CCSC(C)=O. The molecule has 2 unspecified atom stereocenters. The fourth-order valence-electron chi connectivity index (χ4n) is 0.967. The topological polar surface area (TPSA) is 17.1 Å². The van der Waals surface area contributed by atoms with Gasteiger partial charge in [-0.15, -0.1) is 0 Å². The van der Waals surface area contributed by atoms with E-state index in [0.717, 1.165) is 11.8 Å². The second kappa shape index (κ2) is 6.35. The highest BCUT2D eigenvalue weighted by Gasteiger charge is 2.47. The van der Waals surface area contributed by atoms with E-state index in [4.69, 9.17) is 0 Å². The molecule has 6 heteroatoms. The number of rotatable bonds is 6. The van der Waals surface area contributed by atoms with Gasteiger partial charge in [-0.3, -0.25) is 4.79 Å². The second-order valence-electron chi connectivity index (χ2n) is 3.15. The Kier molecular flexibility index (Phi) is 6.24. The Balaban J connectivity index is 4.07. The highest BCUT2D eigenvalue weighted by molar-refractivity contribution is 8.13. The Bertz CT molecular complexity index is 210. The third-order valence-electron chi connectivity index (χ3n) is 1.87. The van der Waals surface area contributed by atoms with Gasteiger partial charge in [-0.2, -0.15) is 0 Å². The van der Waals surface area contributed by atoms with Gasteiger partial charge in [-0.1, -0.05) is 18.7 Å². The van der Waals surface area contributed by atoms with Gasteiger partial charge in [0, 0.05) is 12.7 Å². The first-order valence-electron chi connectivity index (χ1n) is 4.61. The Morgan fingerprint density at radius 2 is 1.87 bits per heavy atom. The molecular weight excluding hydrogens is 232 g/mol. The molecule has 90 valence electrons. The van der Waals surface area contributed by atoms with Crippen LogP contribution in [0.25, 0.3) is 0 Å². The maximum atomic E-state index is 13.0. The largest absolute Gasteiger partial charge is 0.309 e. The lowest BCUT2D eigenvalue weighted by Gasteiger charge is -2.23. The molecule has 0 rings (SSSR count). The zero-order chi connectivity index (χ0) is 12.1. The molecule has 0 saturated carbocycles. The lowest BCUT2D eigenvalue weighted by atomic mass is 10.1. The highest BCUT2D eigenvalue weighted by atomic mass is 32.2. The van der Waals surface area contributed by atoms with Crippen molar-refractivity contribution in [2.75, 3.05) is 5.75 Å². The van der Waals surface area contributed by atoms with Crippen LogP contribution in [0.3, 0.4) is 0 Å². The summed E-state index contributed by atoms with van der Waals surface area (Å²) in [7, 11) is 0. The molecule has 0 aliphatic rings. The van der Waals surface area contributed by atoms with E-state index >= 15 is 0 Å². The van der Waals surface area contributed by atoms with Gasteiger partial charge in [0.05, 0.1) is 0 Å². The smallest absolute Gasteiger partial charge is 0.288 e. The Hall–Kier alpha value is -0.260. The molecule has 0 N–H and O–H groups in total. The van der Waals surface area contributed by atoms with Crippen LogP contribution >= 0.6 is 11.8 Å². The summed E-state index contributed by atoms with van der Waals surface area (Å²) in [6.45, 7) is 2.50. The number of hydrogen-bond acceptors (Lipinski definition) is 2. The van der Waals surface area contributed by atoms with Crippen LogP contribution in [0.1, 0.15) is 26.7 Å². The second-order valence-corrected chi connectivity index (χ2v) is 4.42. The zero-order valence-electron chi connectivity index (χ0n) is 8.60. The van der Waals surface area contributed by atoms with E-state index in [1.807, 2.05) is 0 Å². The molecule has 15 heavy (non-hydrogen) atoms. The van der Waals surface area contributed by atoms with Crippen LogP contribution in [0.15, 0.2) is 0 Å². The van der Waals surface area contributed by atoms with Gasteiger partial charge in [0.25, 0.3) is 0 Å². The molecule has 0 aliphatic carbocycles. The van der Waals surface area contributed by atoms with Crippen molar-refractivity contribution >= 4 is 16.9 Å². The fourth-order valence-corrected chi connectivity index (χ4v) is 1.58. The maximum absolute atomic E-state index is 13.0. The average molecular weight is 246 g/mol. The number of carbonyl (C=O) groups is 1. The van der Waals surface area contributed by atoms with Gasteiger partial charge in [0.1, 0.15) is 0 Å². The lowest BCUT2D eigenvalue weighted by molar-refractivity contribution is -0.128. The molecule has 0 aromatic carbocycles. The minimum Gasteiger partial charge on any atom is -0.288 e. The van der Waals surface area contributed by atoms with Gasteiger partial charge in [-0.05, 0) is 12.8 Å². The molecular formula is C9H14F4OS. The first kappa shape index (κ1) is 14.7. The summed E-state index contributed by atoms with van der Waals surface area (Å²) in [5.41, 5.74) is 0. The number of halogens is 4. The predicted molar refractivity (Wildman–Crippen MR) is 52.8 cm³/mol. The van der Waals surface area contributed by atoms with E-state index in [1.165, 1.54) is 13.8 Å². The quantitative estimate of drug-likeness (QED) is 0.668. The van der Waals surface area contributed by atoms with Crippen molar-refractivity contribution in [3.05, 3.63) is 0 Å². The highest BCUT2D eigenvalue weighted by Crippen LogP contribution is 2.32. The predicted octanol–water partition coefficient (Wildman–Crippen LogP) is 3.38. The molecule has 1 nitrogen and oxygen atoms in total. The van der Waals surface area contributed by atoms with E-state index in [1.54, 1.807) is 0 Å². The number of thioether (sulfide) groups is 1. The molecule has 0 aromatic rings. The van der Waals surface area contributed by atoms with Crippen LogP contribution in [0.5, 0.6) is 0 Å². The number of carbonyl (C=O) groups excluding carboxylic acids is 1. The van der Waals surface area contributed by atoms with Crippen LogP contribution < -0.4 is 0 Å². The van der Waals surface area contributed by atoms with Crippen LogP contribution in [0.4, 0.5) is 17.6 Å². The zero-order valence-corrected chi connectivity index (χ0v) is 9.42. The van der Waals surface area contributed by atoms with Crippen LogP contribution in [-0.4, -0.2) is 29.1 Å². The molecule has 0 aromatic heterocycles. The van der Waals surface area contributed by atoms with Crippen LogP contribution in [-0.2, 0) is 4.79 Å². The summed E-state index contributed by atoms with van der Waals surface area (Å²) in [5, 5.41) is -0.266. The van der Waals surface area contributed by atoms with Crippen molar-refractivity contribution in [1.29, 1.82) is 0 Å². The van der Waals surface area contributed by atoms with Gasteiger partial charge in [0.15, 0.2) is 17.5 Å². The maximum Gasteiger partial charge on any atom is 0.309 e. The van der Waals surface area contributed by atoms with E-state index in [-0.39, 0.29) is 10.9 Å². The van der Waals surface area contributed by atoms with Crippen LogP contribution in [0.2, 0.25) is 0 Å². The van der Waals surface area contributed by atoms with Gasteiger partial charge in [0.2, 0.25) is 0 Å². The number of alkyl halides is 4. The van der Waals surface area contributed by atoms with Crippen molar-refractivity contribution in [3.63, 3.8) is 0 Å². The monoisotopic (exact) mass is 246 g/mol. The average Bonchev–Trinajstić information content (AvgIpc) is 2.15. The molecule has 0 aliphatic heterocycles.